The van der Waals surface area contributed by atoms with Crippen LogP contribution >= 0.6 is 11.6 Å². The lowest BCUT2D eigenvalue weighted by Crippen LogP contribution is -2.33. The third-order valence-electron chi connectivity index (χ3n) is 3.19. The molecule has 2 aromatic rings. The first kappa shape index (κ1) is 18.2. The van der Waals surface area contributed by atoms with E-state index in [9.17, 15) is 17.6 Å². The Labute approximate surface area is 145 Å². The van der Waals surface area contributed by atoms with E-state index in [-0.39, 0.29) is 23.9 Å². The molecule has 0 unspecified atom stereocenters. The van der Waals surface area contributed by atoms with E-state index < -0.39 is 15.8 Å². The predicted molar refractivity (Wildman–Crippen MR) is 93.3 cm³/mol. The van der Waals surface area contributed by atoms with Gasteiger partial charge in [-0.25, -0.2) is 12.8 Å². The summed E-state index contributed by atoms with van der Waals surface area (Å²) in [6.07, 6.45) is 0.976. The molecule has 0 aliphatic carbocycles. The number of hydrogen-bond acceptors (Lipinski definition) is 3. The molecule has 0 aliphatic heterocycles. The zero-order chi connectivity index (χ0) is 17.7. The zero-order valence-corrected chi connectivity index (χ0v) is 14.4. The van der Waals surface area contributed by atoms with Crippen molar-refractivity contribution in [3.63, 3.8) is 0 Å². The van der Waals surface area contributed by atoms with Crippen molar-refractivity contribution < 1.29 is 17.6 Å². The van der Waals surface area contributed by atoms with Crippen molar-refractivity contribution in [2.24, 2.45) is 0 Å². The Hall–Kier alpha value is -2.12. The fraction of sp³-hybridized carbons (Fsp3) is 0.188. The van der Waals surface area contributed by atoms with Gasteiger partial charge in [-0.15, -0.1) is 0 Å². The molecule has 0 radical (unpaired) electrons. The monoisotopic (exact) mass is 370 g/mol. The number of nitrogens with zero attached hydrogens (tertiary/aromatic N) is 1. The van der Waals surface area contributed by atoms with Gasteiger partial charge in [0.2, 0.25) is 15.9 Å². The fourth-order valence-electron chi connectivity index (χ4n) is 2.08. The van der Waals surface area contributed by atoms with Crippen LogP contribution < -0.4 is 9.62 Å². The second-order valence-corrected chi connectivity index (χ2v) is 7.41. The Balaban J connectivity index is 2.07. The van der Waals surface area contributed by atoms with Crippen LogP contribution in [0.3, 0.4) is 0 Å². The summed E-state index contributed by atoms with van der Waals surface area (Å²) in [7, 11) is -3.60. The minimum Gasteiger partial charge on any atom is -0.326 e. The molecular weight excluding hydrogens is 355 g/mol. The van der Waals surface area contributed by atoms with Gasteiger partial charge in [0.05, 0.1) is 17.0 Å². The average Bonchev–Trinajstić information content (AvgIpc) is 2.50. The smallest absolute Gasteiger partial charge is 0.232 e. The van der Waals surface area contributed by atoms with Crippen LogP contribution in [0.2, 0.25) is 5.02 Å². The second-order valence-electron chi connectivity index (χ2n) is 5.09. The minimum atomic E-state index is -3.60. The van der Waals surface area contributed by atoms with E-state index in [4.69, 9.17) is 11.6 Å². The molecule has 0 atom stereocenters. The van der Waals surface area contributed by atoms with Gasteiger partial charge in [0.25, 0.3) is 0 Å². The van der Waals surface area contributed by atoms with Gasteiger partial charge in [-0.05, 0) is 36.4 Å². The summed E-state index contributed by atoms with van der Waals surface area (Å²) in [6, 6.07) is 11.8. The van der Waals surface area contributed by atoms with Crippen LogP contribution in [0.1, 0.15) is 6.42 Å². The summed E-state index contributed by atoms with van der Waals surface area (Å²) in [5.41, 5.74) is 0.751. The highest BCUT2D eigenvalue weighted by molar-refractivity contribution is 7.92. The summed E-state index contributed by atoms with van der Waals surface area (Å²) in [5, 5.41) is 2.86. The molecule has 0 spiro atoms. The molecule has 2 aromatic carbocycles. The molecule has 0 fully saturated rings. The van der Waals surface area contributed by atoms with Crippen molar-refractivity contribution in [2.45, 2.75) is 6.42 Å². The van der Waals surface area contributed by atoms with Gasteiger partial charge in [-0.3, -0.25) is 9.10 Å². The number of hydrogen-bond donors (Lipinski definition) is 1. The zero-order valence-electron chi connectivity index (χ0n) is 12.9. The third kappa shape index (κ3) is 4.94. The molecule has 0 aliphatic rings. The predicted octanol–water partition coefficient (Wildman–Crippen LogP) is 3.27. The first-order chi connectivity index (χ1) is 11.3. The quantitative estimate of drug-likeness (QED) is 0.848. The first-order valence-corrected chi connectivity index (χ1v) is 9.27. The number of halogens is 2. The number of anilines is 2. The van der Waals surface area contributed by atoms with Gasteiger partial charge in [-0.1, -0.05) is 23.7 Å². The van der Waals surface area contributed by atoms with Gasteiger partial charge in [-0.2, -0.15) is 0 Å². The Morgan fingerprint density at radius 2 is 1.79 bits per heavy atom. The van der Waals surface area contributed by atoms with Crippen LogP contribution in [0, 0.1) is 5.82 Å². The molecular formula is C16H16ClFN2O3S. The highest BCUT2D eigenvalue weighted by atomic mass is 35.5. The van der Waals surface area contributed by atoms with E-state index in [1.165, 1.54) is 24.3 Å². The van der Waals surface area contributed by atoms with Crippen LogP contribution in [0.25, 0.3) is 0 Å². The third-order valence-corrected chi connectivity index (χ3v) is 4.69. The second kappa shape index (κ2) is 7.63. The first-order valence-electron chi connectivity index (χ1n) is 7.05. The van der Waals surface area contributed by atoms with E-state index in [1.807, 2.05) is 0 Å². The van der Waals surface area contributed by atoms with Crippen molar-refractivity contribution in [2.75, 3.05) is 22.4 Å². The SMILES string of the molecule is CS(=O)(=O)N(CCC(=O)Nc1ccc(F)cc1)c1ccccc1Cl. The Kier molecular flexibility index (Phi) is 5.80. The molecule has 0 heterocycles. The van der Waals surface area contributed by atoms with Crippen LogP contribution in [-0.2, 0) is 14.8 Å². The molecule has 128 valence electrons. The summed E-state index contributed by atoms with van der Waals surface area (Å²) in [4.78, 5) is 12.0. The van der Waals surface area contributed by atoms with Crippen molar-refractivity contribution >= 4 is 38.9 Å². The summed E-state index contributed by atoms with van der Waals surface area (Å²) in [5.74, 6) is -0.794. The molecule has 0 saturated carbocycles. The molecule has 24 heavy (non-hydrogen) atoms. The average molecular weight is 371 g/mol. The number of rotatable bonds is 6. The number of benzene rings is 2. The molecule has 0 bridgehead atoms. The Bertz CT molecular complexity index is 825. The van der Waals surface area contributed by atoms with Gasteiger partial charge < -0.3 is 5.32 Å². The standard InChI is InChI=1S/C16H16ClFN2O3S/c1-24(22,23)20(15-5-3-2-4-14(15)17)11-10-16(21)19-13-8-6-12(18)7-9-13/h2-9H,10-11H2,1H3,(H,19,21). The summed E-state index contributed by atoms with van der Waals surface area (Å²) < 4.78 is 37.9. The normalized spacial score (nSPS) is 11.1. The highest BCUT2D eigenvalue weighted by Gasteiger charge is 2.20. The van der Waals surface area contributed by atoms with E-state index in [2.05, 4.69) is 5.32 Å². The molecule has 5 nitrogen and oxygen atoms in total. The van der Waals surface area contributed by atoms with Crippen LogP contribution in [0.15, 0.2) is 48.5 Å². The Morgan fingerprint density at radius 1 is 1.17 bits per heavy atom. The lowest BCUT2D eigenvalue weighted by Gasteiger charge is -2.23. The van der Waals surface area contributed by atoms with E-state index in [1.54, 1.807) is 24.3 Å². The summed E-state index contributed by atoms with van der Waals surface area (Å²) in [6.45, 7) is -0.0599. The van der Waals surface area contributed by atoms with Gasteiger partial charge in [0.1, 0.15) is 5.82 Å². The van der Waals surface area contributed by atoms with Gasteiger partial charge in [0.15, 0.2) is 0 Å². The number of para-hydroxylation sites is 1. The van der Waals surface area contributed by atoms with E-state index in [0.717, 1.165) is 10.6 Å². The maximum Gasteiger partial charge on any atom is 0.232 e. The molecule has 0 saturated heterocycles. The Morgan fingerprint density at radius 3 is 2.38 bits per heavy atom. The molecule has 1 N–H and O–H groups in total. The van der Waals surface area contributed by atoms with Gasteiger partial charge >= 0.3 is 0 Å². The number of nitrogens with one attached hydrogen (secondary N) is 1. The molecule has 0 aromatic heterocycles. The number of sulfonamides is 1. The number of carbonyl (C=O) groups is 1. The lowest BCUT2D eigenvalue weighted by atomic mass is 10.3. The minimum absolute atomic E-state index is 0.0599. The van der Waals surface area contributed by atoms with Gasteiger partial charge in [0, 0.05) is 18.7 Å². The molecule has 8 heteroatoms. The maximum atomic E-state index is 12.8. The van der Waals surface area contributed by atoms with Crippen molar-refractivity contribution in [3.05, 3.63) is 59.4 Å². The van der Waals surface area contributed by atoms with Crippen LogP contribution in [0.5, 0.6) is 0 Å². The van der Waals surface area contributed by atoms with Crippen LogP contribution in [-0.4, -0.2) is 27.1 Å². The topological polar surface area (TPSA) is 66.5 Å². The van der Waals surface area contributed by atoms with Crippen molar-refractivity contribution in [1.82, 2.24) is 0 Å². The maximum absolute atomic E-state index is 12.8. The molecule has 2 rings (SSSR count). The van der Waals surface area contributed by atoms with Crippen molar-refractivity contribution in [1.29, 1.82) is 0 Å². The number of amides is 1. The van der Waals surface area contributed by atoms with E-state index in [0.29, 0.717) is 11.4 Å². The number of carbonyl (C=O) groups excluding carboxylic acids is 1. The van der Waals surface area contributed by atoms with Crippen molar-refractivity contribution in [3.8, 4) is 0 Å². The molecule has 1 amide bonds. The van der Waals surface area contributed by atoms with Crippen LogP contribution in [0.4, 0.5) is 15.8 Å². The fourth-order valence-corrected chi connectivity index (χ4v) is 3.31. The summed E-state index contributed by atoms with van der Waals surface area (Å²) >= 11 is 6.04. The lowest BCUT2D eigenvalue weighted by molar-refractivity contribution is -0.116. The highest BCUT2D eigenvalue weighted by Crippen LogP contribution is 2.27. The van der Waals surface area contributed by atoms with E-state index >= 15 is 0 Å². The largest absolute Gasteiger partial charge is 0.326 e.